The topological polar surface area (TPSA) is 62.2 Å². The number of anilines is 2. The lowest BCUT2D eigenvalue weighted by Crippen LogP contribution is -2.51. The molecule has 0 aliphatic carbocycles. The van der Waals surface area contributed by atoms with E-state index in [4.69, 9.17) is 4.74 Å². The van der Waals surface area contributed by atoms with Gasteiger partial charge in [0.15, 0.2) is 10.8 Å². The van der Waals surface area contributed by atoms with Gasteiger partial charge >= 0.3 is 0 Å². The van der Waals surface area contributed by atoms with Gasteiger partial charge in [-0.1, -0.05) is 60.3 Å². The van der Waals surface area contributed by atoms with Crippen molar-refractivity contribution < 1.29 is 14.3 Å². The number of hydrogen-bond donors (Lipinski definition) is 0. The third-order valence-corrected chi connectivity index (χ3v) is 8.18. The van der Waals surface area contributed by atoms with Crippen LogP contribution >= 0.6 is 23.5 Å². The average molecular weight is 488 g/mol. The molecule has 1 fully saturated rings. The van der Waals surface area contributed by atoms with E-state index < -0.39 is 4.33 Å². The fourth-order valence-electron chi connectivity index (χ4n) is 3.75. The van der Waals surface area contributed by atoms with Gasteiger partial charge in [0.05, 0.1) is 17.7 Å². The first-order valence-electron chi connectivity index (χ1n) is 10.6. The Morgan fingerprint density at radius 2 is 1.53 bits per heavy atom. The lowest BCUT2D eigenvalue weighted by atomic mass is 10.2. The minimum Gasteiger partial charge on any atom is -0.497 e. The highest BCUT2D eigenvalue weighted by Crippen LogP contribution is 2.59. The van der Waals surface area contributed by atoms with Gasteiger partial charge in [0.1, 0.15) is 5.75 Å². The van der Waals surface area contributed by atoms with E-state index in [0.29, 0.717) is 9.95 Å². The Morgan fingerprint density at radius 1 is 0.912 bits per heavy atom. The maximum Gasteiger partial charge on any atom is 0.268 e. The van der Waals surface area contributed by atoms with Crippen molar-refractivity contribution in [3.8, 4) is 5.75 Å². The Kier molecular flexibility index (Phi) is 5.93. The third-order valence-electron chi connectivity index (χ3n) is 5.36. The van der Waals surface area contributed by atoms with Gasteiger partial charge in [0, 0.05) is 12.6 Å². The van der Waals surface area contributed by atoms with Crippen LogP contribution in [0.25, 0.3) is 6.08 Å². The molecule has 0 aromatic heterocycles. The zero-order valence-corrected chi connectivity index (χ0v) is 20.2. The monoisotopic (exact) mass is 487 g/mol. The quantitative estimate of drug-likeness (QED) is 0.438. The molecule has 6 nitrogen and oxygen atoms in total. The maximum atomic E-state index is 13.9. The van der Waals surface area contributed by atoms with Gasteiger partial charge in [0.25, 0.3) is 5.91 Å². The van der Waals surface area contributed by atoms with E-state index in [1.54, 1.807) is 17.0 Å². The number of methoxy groups -OCH3 is 1. The zero-order chi connectivity index (χ0) is 23.7. The second kappa shape index (κ2) is 9.04. The second-order valence-corrected chi connectivity index (χ2v) is 10.3. The molecule has 0 radical (unpaired) electrons. The molecule has 1 spiro atoms. The highest BCUT2D eigenvalue weighted by molar-refractivity contribution is 8.29. The molecule has 0 unspecified atom stereocenters. The zero-order valence-electron chi connectivity index (χ0n) is 18.5. The summed E-state index contributed by atoms with van der Waals surface area (Å²) >= 11 is 2.68. The van der Waals surface area contributed by atoms with E-state index in [2.05, 4.69) is 5.10 Å². The number of carbonyl (C=O) groups is 2. The first-order chi connectivity index (χ1) is 16.5. The van der Waals surface area contributed by atoms with Crippen molar-refractivity contribution in [2.45, 2.75) is 11.3 Å². The molecule has 1 atom stereocenters. The fourth-order valence-corrected chi connectivity index (χ4v) is 6.63. The van der Waals surface area contributed by atoms with Crippen LogP contribution in [0.15, 0.2) is 94.9 Å². The molecule has 2 heterocycles. The van der Waals surface area contributed by atoms with E-state index in [1.165, 1.54) is 30.4 Å². The fraction of sp³-hybridized carbons (Fsp3) is 0.115. The summed E-state index contributed by atoms with van der Waals surface area (Å²) in [5.41, 5.74) is 2.40. The summed E-state index contributed by atoms with van der Waals surface area (Å²) in [5.74, 6) is 0.452. The van der Waals surface area contributed by atoms with Gasteiger partial charge < -0.3 is 4.74 Å². The molecule has 3 aromatic rings. The predicted molar refractivity (Wildman–Crippen MR) is 140 cm³/mol. The molecule has 5 rings (SSSR count). The van der Waals surface area contributed by atoms with Gasteiger partial charge in [0.2, 0.25) is 4.33 Å². The molecule has 34 heavy (non-hydrogen) atoms. The molecule has 2 aliphatic heterocycles. The molecule has 1 saturated heterocycles. The first-order valence-corrected chi connectivity index (χ1v) is 12.2. The van der Waals surface area contributed by atoms with Crippen LogP contribution in [-0.2, 0) is 9.59 Å². The summed E-state index contributed by atoms with van der Waals surface area (Å²) in [6.07, 6.45) is 1.87. The van der Waals surface area contributed by atoms with Crippen molar-refractivity contribution in [3.05, 3.63) is 95.4 Å². The number of para-hydroxylation sites is 2. The lowest BCUT2D eigenvalue weighted by molar-refractivity contribution is -0.114. The number of thioether (sulfide) groups is 2. The number of nitrogens with zero attached hydrogens (tertiary/aromatic N) is 3. The number of ketones is 1. The number of ether oxygens (including phenoxy) is 1. The maximum absolute atomic E-state index is 13.9. The van der Waals surface area contributed by atoms with Crippen molar-refractivity contribution in [2.75, 3.05) is 17.0 Å². The summed E-state index contributed by atoms with van der Waals surface area (Å²) in [4.78, 5) is 28.6. The molecule has 0 bridgehead atoms. The summed E-state index contributed by atoms with van der Waals surface area (Å²) in [5, 5.41) is 6.81. The highest BCUT2D eigenvalue weighted by Gasteiger charge is 2.59. The van der Waals surface area contributed by atoms with E-state index in [-0.39, 0.29) is 11.7 Å². The van der Waals surface area contributed by atoms with Crippen LogP contribution in [0.5, 0.6) is 5.75 Å². The average Bonchev–Trinajstić information content (AvgIpc) is 3.38. The van der Waals surface area contributed by atoms with Crippen LogP contribution in [0.2, 0.25) is 0 Å². The van der Waals surface area contributed by atoms with Crippen molar-refractivity contribution in [3.63, 3.8) is 0 Å². The molecule has 8 heteroatoms. The second-order valence-electron chi connectivity index (χ2n) is 7.62. The standard InChI is InChI=1S/C26H21N3O3S2/c1-18(30)24-27-29(21-11-7-4-8-12-21)26(34-24)28(20-9-5-3-6-10-20)25(31)23(33-26)17-19-13-15-22(32-2)16-14-19/h3-17H,1-2H3/b23-17-/t26-/m0/s1. The molecule has 1 amide bonds. The minimum absolute atomic E-state index is 0.142. The van der Waals surface area contributed by atoms with Crippen LogP contribution in [0.1, 0.15) is 12.5 Å². The van der Waals surface area contributed by atoms with Crippen LogP contribution in [0.4, 0.5) is 11.4 Å². The van der Waals surface area contributed by atoms with Crippen LogP contribution < -0.4 is 14.6 Å². The number of rotatable bonds is 5. The molecule has 170 valence electrons. The lowest BCUT2D eigenvalue weighted by Gasteiger charge is -2.38. The highest BCUT2D eigenvalue weighted by atomic mass is 32.2. The van der Waals surface area contributed by atoms with Gasteiger partial charge in [-0.05, 0) is 59.8 Å². The summed E-state index contributed by atoms with van der Waals surface area (Å²) in [6.45, 7) is 1.50. The Morgan fingerprint density at radius 3 is 2.12 bits per heavy atom. The van der Waals surface area contributed by atoms with E-state index in [0.717, 1.165) is 22.7 Å². The first kappa shape index (κ1) is 22.3. The summed E-state index contributed by atoms with van der Waals surface area (Å²) in [6, 6.07) is 26.6. The molecule has 0 N–H and O–H groups in total. The molecule has 2 aliphatic rings. The van der Waals surface area contributed by atoms with Crippen molar-refractivity contribution in [1.82, 2.24) is 0 Å². The number of Topliss-reactive ketones (excluding diaryl/α,β-unsaturated/α-hetero) is 1. The van der Waals surface area contributed by atoms with Gasteiger partial charge in [-0.3, -0.25) is 14.5 Å². The predicted octanol–water partition coefficient (Wildman–Crippen LogP) is 5.58. The smallest absolute Gasteiger partial charge is 0.268 e. The van der Waals surface area contributed by atoms with E-state index in [9.17, 15) is 9.59 Å². The number of carbonyl (C=O) groups excluding carboxylic acids is 2. The van der Waals surface area contributed by atoms with Crippen LogP contribution in [-0.4, -0.2) is 28.2 Å². The Balaban J connectivity index is 1.65. The third kappa shape index (κ3) is 3.89. The molecular formula is C26H21N3O3S2. The van der Waals surface area contributed by atoms with Crippen molar-refractivity contribution in [1.29, 1.82) is 0 Å². The Labute approximate surface area is 206 Å². The number of hydrogen-bond acceptors (Lipinski definition) is 7. The summed E-state index contributed by atoms with van der Waals surface area (Å²) < 4.78 is 4.24. The number of benzene rings is 3. The van der Waals surface area contributed by atoms with Gasteiger partial charge in [-0.15, -0.1) is 0 Å². The minimum atomic E-state index is -1.01. The van der Waals surface area contributed by atoms with Crippen molar-refractivity contribution >= 4 is 57.7 Å². The molecular weight excluding hydrogens is 466 g/mol. The molecule has 0 saturated carbocycles. The van der Waals surface area contributed by atoms with Gasteiger partial charge in [-0.2, -0.15) is 5.10 Å². The van der Waals surface area contributed by atoms with Crippen LogP contribution in [0.3, 0.4) is 0 Å². The normalized spacial score (nSPS) is 20.8. The van der Waals surface area contributed by atoms with Gasteiger partial charge in [-0.25, -0.2) is 5.01 Å². The van der Waals surface area contributed by atoms with E-state index in [1.807, 2.05) is 91.0 Å². The number of hydrazone groups is 1. The van der Waals surface area contributed by atoms with Crippen molar-refractivity contribution in [2.24, 2.45) is 5.10 Å². The Bertz CT molecular complexity index is 1290. The Hall–Kier alpha value is -3.49. The summed E-state index contributed by atoms with van der Waals surface area (Å²) in [7, 11) is 1.62. The largest absolute Gasteiger partial charge is 0.497 e. The van der Waals surface area contributed by atoms with Crippen LogP contribution in [0, 0.1) is 0 Å². The van der Waals surface area contributed by atoms with E-state index >= 15 is 0 Å². The number of amides is 1. The molecule has 3 aromatic carbocycles. The SMILES string of the molecule is COc1ccc(/C=C2\S[C@]3(SC(C(C)=O)=NN3c3ccccc3)N(c3ccccc3)C2=O)cc1.